The average molecular weight is 330 g/mol. The van der Waals surface area contributed by atoms with Crippen molar-refractivity contribution in [2.24, 2.45) is 0 Å². The second-order valence-electron chi connectivity index (χ2n) is 4.60. The summed E-state index contributed by atoms with van der Waals surface area (Å²) >= 11 is 0. The molecule has 0 bridgehead atoms. The summed E-state index contributed by atoms with van der Waals surface area (Å²) in [6, 6.07) is 2.06. The molecule has 0 saturated carbocycles. The molecule has 1 heterocycles. The topological polar surface area (TPSA) is 142 Å². The van der Waals surface area contributed by atoms with Crippen LogP contribution in [0.15, 0.2) is 23.1 Å². The molecular weight excluding hydrogens is 316 g/mol. The van der Waals surface area contributed by atoms with Crippen LogP contribution in [0.1, 0.15) is 6.92 Å². The van der Waals surface area contributed by atoms with E-state index in [1.807, 2.05) is 4.72 Å². The molecule has 120 valence electrons. The molecule has 0 fully saturated rings. The largest absolute Gasteiger partial charge is 0.480 e. The van der Waals surface area contributed by atoms with Gasteiger partial charge >= 0.3 is 5.97 Å². The number of rotatable bonds is 5. The maximum absolute atomic E-state index is 12.1. The van der Waals surface area contributed by atoms with Crippen molar-refractivity contribution in [3.8, 4) is 5.75 Å². The molecule has 1 aromatic carbocycles. The normalized spacial score (nSPS) is 18.8. The first-order valence-electron chi connectivity index (χ1n) is 6.22. The Labute approximate surface area is 126 Å². The summed E-state index contributed by atoms with van der Waals surface area (Å²) in [6.45, 7) is 0.653. The third-order valence-electron chi connectivity index (χ3n) is 2.97. The SMILES string of the molecule is CC1Oc2ccc(S(=O)(=O)NC(CO)C(=O)O)cc2NC1=O. The second kappa shape index (κ2) is 5.91. The Morgan fingerprint density at radius 3 is 2.77 bits per heavy atom. The molecule has 2 unspecified atom stereocenters. The van der Waals surface area contributed by atoms with Crippen molar-refractivity contribution in [2.45, 2.75) is 24.0 Å². The third kappa shape index (κ3) is 3.18. The summed E-state index contributed by atoms with van der Waals surface area (Å²) in [5, 5.41) is 20.1. The lowest BCUT2D eigenvalue weighted by Crippen LogP contribution is -2.43. The van der Waals surface area contributed by atoms with Crippen LogP contribution in [0, 0.1) is 0 Å². The minimum absolute atomic E-state index is 0.168. The van der Waals surface area contributed by atoms with E-state index >= 15 is 0 Å². The number of hydrogen-bond donors (Lipinski definition) is 4. The fraction of sp³-hybridized carbons (Fsp3) is 0.333. The van der Waals surface area contributed by atoms with Crippen LogP contribution in [0.3, 0.4) is 0 Å². The lowest BCUT2D eigenvalue weighted by Gasteiger charge is -2.23. The van der Waals surface area contributed by atoms with Gasteiger partial charge in [0, 0.05) is 0 Å². The number of carbonyl (C=O) groups excluding carboxylic acids is 1. The Kier molecular flexibility index (Phi) is 4.35. The van der Waals surface area contributed by atoms with Crippen molar-refractivity contribution < 1.29 is 33.0 Å². The van der Waals surface area contributed by atoms with Crippen molar-refractivity contribution in [3.63, 3.8) is 0 Å². The van der Waals surface area contributed by atoms with Crippen LogP contribution in [0.2, 0.25) is 0 Å². The summed E-state index contributed by atoms with van der Waals surface area (Å²) in [4.78, 5) is 22.0. The molecule has 2 atom stereocenters. The molecule has 4 N–H and O–H groups in total. The van der Waals surface area contributed by atoms with Gasteiger partial charge in [-0.3, -0.25) is 9.59 Å². The predicted molar refractivity (Wildman–Crippen MR) is 74.0 cm³/mol. The summed E-state index contributed by atoms with van der Waals surface area (Å²) in [5.74, 6) is -1.62. The van der Waals surface area contributed by atoms with Gasteiger partial charge in [0.1, 0.15) is 11.8 Å². The van der Waals surface area contributed by atoms with Crippen LogP contribution in [-0.2, 0) is 19.6 Å². The standard InChI is InChI=1S/C12H14N2O7S/c1-6-11(16)13-8-4-7(2-3-10(8)21-6)22(19,20)14-9(5-15)12(17)18/h2-4,6,9,14-15H,5H2,1H3,(H,13,16)(H,17,18). The molecule has 9 nitrogen and oxygen atoms in total. The molecule has 10 heteroatoms. The van der Waals surface area contributed by atoms with E-state index in [1.54, 1.807) is 6.92 Å². The number of fused-ring (bicyclic) bond motifs is 1. The molecule has 0 radical (unpaired) electrons. The number of aliphatic hydroxyl groups is 1. The Morgan fingerprint density at radius 2 is 2.18 bits per heavy atom. The number of sulfonamides is 1. The monoisotopic (exact) mass is 330 g/mol. The van der Waals surface area contributed by atoms with Gasteiger partial charge in [0.05, 0.1) is 17.2 Å². The molecule has 0 saturated heterocycles. The first kappa shape index (κ1) is 16.2. The van der Waals surface area contributed by atoms with Gasteiger partial charge in [-0.15, -0.1) is 0 Å². The van der Waals surface area contributed by atoms with Crippen molar-refractivity contribution in [3.05, 3.63) is 18.2 Å². The molecule has 1 aliphatic heterocycles. The molecule has 1 aromatic rings. The van der Waals surface area contributed by atoms with Gasteiger partial charge in [0.25, 0.3) is 5.91 Å². The first-order chi connectivity index (χ1) is 10.2. The second-order valence-corrected chi connectivity index (χ2v) is 6.32. The Hall–Kier alpha value is -2.17. The number of ether oxygens (including phenoxy) is 1. The lowest BCUT2D eigenvalue weighted by molar-refractivity contribution is -0.139. The van der Waals surface area contributed by atoms with Gasteiger partial charge in [-0.05, 0) is 25.1 Å². The van der Waals surface area contributed by atoms with E-state index in [4.69, 9.17) is 14.9 Å². The highest BCUT2D eigenvalue weighted by Gasteiger charge is 2.28. The van der Waals surface area contributed by atoms with Gasteiger partial charge in [0.2, 0.25) is 10.0 Å². The minimum Gasteiger partial charge on any atom is -0.480 e. The van der Waals surface area contributed by atoms with Gasteiger partial charge < -0.3 is 20.3 Å². The van der Waals surface area contributed by atoms with Crippen LogP contribution in [-0.4, -0.2) is 49.3 Å². The molecular formula is C12H14N2O7S. The average Bonchev–Trinajstić information content (AvgIpc) is 2.45. The number of carboxylic acid groups (broad SMARTS) is 1. The van der Waals surface area contributed by atoms with Crippen LogP contribution >= 0.6 is 0 Å². The Morgan fingerprint density at radius 1 is 1.50 bits per heavy atom. The van der Waals surface area contributed by atoms with E-state index < -0.39 is 40.7 Å². The number of benzene rings is 1. The zero-order valence-electron chi connectivity index (χ0n) is 11.4. The fourth-order valence-corrected chi connectivity index (χ4v) is 2.98. The molecule has 1 amide bonds. The smallest absolute Gasteiger partial charge is 0.324 e. The molecule has 0 aromatic heterocycles. The highest BCUT2D eigenvalue weighted by Crippen LogP contribution is 2.31. The number of carboxylic acids is 1. The van der Waals surface area contributed by atoms with Gasteiger partial charge in [-0.1, -0.05) is 0 Å². The number of hydrogen-bond acceptors (Lipinski definition) is 6. The molecule has 0 spiro atoms. The number of aliphatic hydroxyl groups excluding tert-OH is 1. The maximum atomic E-state index is 12.1. The number of amides is 1. The highest BCUT2D eigenvalue weighted by molar-refractivity contribution is 7.89. The van der Waals surface area contributed by atoms with Crippen LogP contribution < -0.4 is 14.8 Å². The van der Waals surface area contributed by atoms with Crippen LogP contribution in [0.4, 0.5) is 5.69 Å². The predicted octanol–water partition coefficient (Wildman–Crippen LogP) is -0.870. The molecule has 0 aliphatic carbocycles. The quantitative estimate of drug-likeness (QED) is 0.549. The minimum atomic E-state index is -4.18. The summed E-state index contributed by atoms with van der Waals surface area (Å²) in [7, 11) is -4.18. The van der Waals surface area contributed by atoms with Crippen LogP contribution in [0.5, 0.6) is 5.75 Å². The van der Waals surface area contributed by atoms with Gasteiger partial charge in [-0.25, -0.2) is 8.42 Å². The maximum Gasteiger partial charge on any atom is 0.324 e. The van der Waals surface area contributed by atoms with Crippen molar-refractivity contribution in [1.29, 1.82) is 0 Å². The van der Waals surface area contributed by atoms with E-state index in [2.05, 4.69) is 5.32 Å². The Bertz CT molecular complexity index is 716. The zero-order chi connectivity index (χ0) is 16.5. The van der Waals surface area contributed by atoms with E-state index in [-0.39, 0.29) is 10.6 Å². The van der Waals surface area contributed by atoms with E-state index in [0.717, 1.165) is 6.07 Å². The summed E-state index contributed by atoms with van der Waals surface area (Å²) < 4.78 is 31.3. The van der Waals surface area contributed by atoms with Crippen molar-refractivity contribution in [2.75, 3.05) is 11.9 Å². The van der Waals surface area contributed by atoms with Crippen molar-refractivity contribution in [1.82, 2.24) is 4.72 Å². The zero-order valence-corrected chi connectivity index (χ0v) is 12.3. The Balaban J connectivity index is 2.31. The lowest BCUT2D eigenvalue weighted by atomic mass is 10.2. The fourth-order valence-electron chi connectivity index (χ4n) is 1.78. The van der Waals surface area contributed by atoms with Gasteiger partial charge in [0.15, 0.2) is 6.10 Å². The number of carbonyl (C=O) groups is 2. The van der Waals surface area contributed by atoms with Gasteiger partial charge in [-0.2, -0.15) is 4.72 Å². The number of anilines is 1. The van der Waals surface area contributed by atoms with E-state index in [1.165, 1.54) is 12.1 Å². The molecule has 1 aliphatic rings. The third-order valence-corrected chi connectivity index (χ3v) is 4.44. The number of aliphatic carboxylic acids is 1. The van der Waals surface area contributed by atoms with Crippen molar-refractivity contribution >= 4 is 27.6 Å². The van der Waals surface area contributed by atoms with E-state index in [9.17, 15) is 18.0 Å². The van der Waals surface area contributed by atoms with Crippen LogP contribution in [0.25, 0.3) is 0 Å². The van der Waals surface area contributed by atoms with E-state index in [0.29, 0.717) is 5.75 Å². The molecule has 22 heavy (non-hydrogen) atoms. The highest BCUT2D eigenvalue weighted by atomic mass is 32.2. The number of nitrogens with one attached hydrogen (secondary N) is 2. The summed E-state index contributed by atoms with van der Waals surface area (Å²) in [5.41, 5.74) is 0.168. The molecule has 2 rings (SSSR count). The summed E-state index contributed by atoms with van der Waals surface area (Å²) in [6.07, 6.45) is -0.695. The first-order valence-corrected chi connectivity index (χ1v) is 7.70.